The van der Waals surface area contributed by atoms with Gasteiger partial charge in [0.2, 0.25) is 0 Å². The molecule has 0 saturated heterocycles. The zero-order valence-electron chi connectivity index (χ0n) is 17.5. The van der Waals surface area contributed by atoms with Gasteiger partial charge in [-0.25, -0.2) is 0 Å². The van der Waals surface area contributed by atoms with Gasteiger partial charge in [-0.2, -0.15) is 0 Å². The monoisotopic (exact) mass is 383 g/mol. The molecule has 2 aromatic carbocycles. The summed E-state index contributed by atoms with van der Waals surface area (Å²) in [7, 11) is 1.63. The third kappa shape index (κ3) is 6.50. The fraction of sp³-hybridized carbons (Fsp3) is 0.391. The fourth-order valence-corrected chi connectivity index (χ4v) is 2.71. The number of ether oxygens (including phenoxy) is 2. The summed E-state index contributed by atoms with van der Waals surface area (Å²) in [4.78, 5) is 0. The number of hydrogen-bond acceptors (Lipinski definition) is 5. The highest BCUT2D eigenvalue weighted by atomic mass is 16.5. The second kappa shape index (κ2) is 10.0. The topological polar surface area (TPSA) is 68.5 Å². The van der Waals surface area contributed by atoms with Crippen LogP contribution in [0.25, 0.3) is 0 Å². The molecule has 0 aromatic heterocycles. The fourth-order valence-electron chi connectivity index (χ4n) is 2.71. The molecule has 0 atom stereocenters. The molecule has 5 heteroatoms. The first-order valence-electron chi connectivity index (χ1n) is 9.59. The Morgan fingerprint density at radius 3 is 2.14 bits per heavy atom. The van der Waals surface area contributed by atoms with Gasteiger partial charge in [0.05, 0.1) is 12.9 Å². The van der Waals surface area contributed by atoms with Crippen molar-refractivity contribution in [2.24, 2.45) is 5.73 Å². The Hall–Kier alpha value is -2.66. The molecule has 2 rings (SSSR count). The van der Waals surface area contributed by atoms with Crippen molar-refractivity contribution in [3.05, 3.63) is 71.6 Å². The van der Waals surface area contributed by atoms with Crippen LogP contribution in [-0.4, -0.2) is 20.3 Å². The van der Waals surface area contributed by atoms with E-state index in [2.05, 4.69) is 62.2 Å². The molecule has 4 N–H and O–H groups in total. The van der Waals surface area contributed by atoms with Crippen LogP contribution in [0, 0.1) is 0 Å². The van der Waals surface area contributed by atoms with Gasteiger partial charge >= 0.3 is 0 Å². The van der Waals surface area contributed by atoms with Crippen molar-refractivity contribution >= 4 is 0 Å². The van der Waals surface area contributed by atoms with E-state index in [0.717, 1.165) is 17.9 Å². The van der Waals surface area contributed by atoms with Crippen LogP contribution < -0.4 is 25.8 Å². The quantitative estimate of drug-likeness (QED) is 0.584. The highest BCUT2D eigenvalue weighted by Crippen LogP contribution is 2.28. The molecule has 0 heterocycles. The van der Waals surface area contributed by atoms with E-state index >= 15 is 0 Å². The van der Waals surface area contributed by atoms with Crippen molar-refractivity contribution < 1.29 is 9.47 Å². The van der Waals surface area contributed by atoms with Crippen molar-refractivity contribution in [3.63, 3.8) is 0 Å². The summed E-state index contributed by atoms with van der Waals surface area (Å²) >= 11 is 0. The molecule has 28 heavy (non-hydrogen) atoms. The van der Waals surface area contributed by atoms with Crippen molar-refractivity contribution in [2.45, 2.75) is 39.3 Å². The third-order valence-corrected chi connectivity index (χ3v) is 4.44. The van der Waals surface area contributed by atoms with Crippen LogP contribution in [0.5, 0.6) is 11.5 Å². The van der Waals surface area contributed by atoms with Gasteiger partial charge in [-0.3, -0.25) is 0 Å². The van der Waals surface area contributed by atoms with E-state index in [4.69, 9.17) is 15.2 Å². The average Bonchev–Trinajstić information content (AvgIpc) is 2.69. The summed E-state index contributed by atoms with van der Waals surface area (Å²) in [6.07, 6.45) is 0. The molecular weight excluding hydrogens is 350 g/mol. The van der Waals surface area contributed by atoms with Crippen molar-refractivity contribution in [1.82, 2.24) is 10.6 Å². The second-order valence-electron chi connectivity index (χ2n) is 7.75. The Labute approximate surface area is 168 Å². The Morgan fingerprint density at radius 2 is 1.57 bits per heavy atom. The molecule has 0 amide bonds. The maximum atomic E-state index is 5.57. The zero-order valence-corrected chi connectivity index (χ0v) is 17.5. The minimum absolute atomic E-state index is 0.170. The highest BCUT2D eigenvalue weighted by molar-refractivity contribution is 5.43. The van der Waals surface area contributed by atoms with Crippen molar-refractivity contribution in [1.29, 1.82) is 0 Å². The minimum Gasteiger partial charge on any atom is -0.493 e. The van der Waals surface area contributed by atoms with Crippen LogP contribution in [0.3, 0.4) is 0 Å². The molecule has 0 aliphatic rings. The van der Waals surface area contributed by atoms with Gasteiger partial charge in [0.1, 0.15) is 6.61 Å². The van der Waals surface area contributed by atoms with Crippen LogP contribution in [0.1, 0.15) is 37.5 Å². The van der Waals surface area contributed by atoms with Crippen LogP contribution in [-0.2, 0) is 18.5 Å². The summed E-state index contributed by atoms with van der Waals surface area (Å²) in [5.41, 5.74) is 9.29. The van der Waals surface area contributed by atoms with Crippen molar-refractivity contribution in [3.8, 4) is 11.5 Å². The lowest BCUT2D eigenvalue weighted by Gasteiger charge is -2.19. The molecule has 0 aliphatic heterocycles. The minimum atomic E-state index is 0.170. The Morgan fingerprint density at radius 1 is 0.964 bits per heavy atom. The van der Waals surface area contributed by atoms with E-state index < -0.39 is 0 Å². The van der Waals surface area contributed by atoms with Crippen molar-refractivity contribution in [2.75, 3.05) is 20.3 Å². The lowest BCUT2D eigenvalue weighted by molar-refractivity contribution is 0.302. The molecule has 2 aromatic rings. The van der Waals surface area contributed by atoms with E-state index in [0.29, 0.717) is 31.2 Å². The smallest absolute Gasteiger partial charge is 0.161 e. The number of rotatable bonds is 10. The highest BCUT2D eigenvalue weighted by Gasteiger charge is 2.12. The first kappa shape index (κ1) is 21.6. The van der Waals surface area contributed by atoms with Crippen LogP contribution in [0.15, 0.2) is 54.9 Å². The van der Waals surface area contributed by atoms with E-state index in [-0.39, 0.29) is 5.41 Å². The molecule has 5 nitrogen and oxygen atoms in total. The Bertz CT molecular complexity index is 764. The maximum absolute atomic E-state index is 5.57. The van der Waals surface area contributed by atoms with Gasteiger partial charge in [-0.15, -0.1) is 0 Å². The van der Waals surface area contributed by atoms with E-state index in [1.54, 1.807) is 7.11 Å². The van der Waals surface area contributed by atoms with Crippen LogP contribution >= 0.6 is 0 Å². The summed E-state index contributed by atoms with van der Waals surface area (Å²) in [5, 5.41) is 6.62. The van der Waals surface area contributed by atoms with Crippen LogP contribution in [0.4, 0.5) is 0 Å². The predicted molar refractivity (Wildman–Crippen MR) is 116 cm³/mol. The van der Waals surface area contributed by atoms with E-state index in [1.165, 1.54) is 11.1 Å². The largest absolute Gasteiger partial charge is 0.493 e. The van der Waals surface area contributed by atoms with Gasteiger partial charge in [0, 0.05) is 19.6 Å². The number of hydrogen-bond donors (Lipinski definition) is 3. The summed E-state index contributed by atoms with van der Waals surface area (Å²) in [6.45, 7) is 13.0. The Kier molecular flexibility index (Phi) is 7.76. The molecule has 0 aliphatic carbocycles. The molecule has 152 valence electrons. The van der Waals surface area contributed by atoms with Crippen LogP contribution in [0.2, 0.25) is 0 Å². The lowest BCUT2D eigenvalue weighted by atomic mass is 9.87. The zero-order chi connectivity index (χ0) is 20.6. The molecule has 0 spiro atoms. The number of nitrogens with two attached hydrogens (primary N) is 1. The average molecular weight is 384 g/mol. The molecule has 0 saturated carbocycles. The number of benzene rings is 2. The molecule has 0 unspecified atom stereocenters. The number of nitrogens with one attached hydrogen (secondary N) is 2. The van der Waals surface area contributed by atoms with Gasteiger partial charge < -0.3 is 25.8 Å². The van der Waals surface area contributed by atoms with E-state index in [9.17, 15) is 0 Å². The van der Waals surface area contributed by atoms with Gasteiger partial charge in [0.25, 0.3) is 0 Å². The molecule has 0 radical (unpaired) electrons. The standard InChI is InChI=1S/C23H33N3O2/c1-17(25-15-18-6-9-20(10-7-18)23(2,3)4)26-16-19-8-11-21(28-13-12-24)22(14-19)27-5/h6-11,14,25-26H,1,12-13,15-16,24H2,2-5H3. The molecule has 0 bridgehead atoms. The van der Waals surface area contributed by atoms with Gasteiger partial charge in [-0.1, -0.05) is 57.7 Å². The lowest BCUT2D eigenvalue weighted by Crippen LogP contribution is -2.24. The first-order chi connectivity index (χ1) is 13.3. The summed E-state index contributed by atoms with van der Waals surface area (Å²) in [6, 6.07) is 14.6. The SMILES string of the molecule is C=C(NCc1ccc(C(C)(C)C)cc1)NCc1ccc(OCCN)c(OC)c1. The maximum Gasteiger partial charge on any atom is 0.161 e. The molecular formula is C23H33N3O2. The molecule has 0 fully saturated rings. The normalized spacial score (nSPS) is 11.0. The first-order valence-corrected chi connectivity index (χ1v) is 9.59. The van der Waals surface area contributed by atoms with E-state index in [1.807, 2.05) is 18.2 Å². The van der Waals surface area contributed by atoms with Gasteiger partial charge in [0.15, 0.2) is 11.5 Å². The summed E-state index contributed by atoms with van der Waals surface area (Å²) in [5.74, 6) is 2.18. The van der Waals surface area contributed by atoms with Gasteiger partial charge in [-0.05, 0) is 34.2 Å². The Balaban J connectivity index is 1.83. The number of methoxy groups -OCH3 is 1. The summed E-state index contributed by atoms with van der Waals surface area (Å²) < 4.78 is 11.0. The second-order valence-corrected chi connectivity index (χ2v) is 7.75. The third-order valence-electron chi connectivity index (χ3n) is 4.44. The predicted octanol–water partition coefficient (Wildman–Crippen LogP) is 3.68.